The highest BCUT2D eigenvalue weighted by molar-refractivity contribution is 7.09. The average molecular weight is 306 g/mol. The molecule has 1 unspecified atom stereocenters. The summed E-state index contributed by atoms with van der Waals surface area (Å²) >= 11 is 1.60. The highest BCUT2D eigenvalue weighted by atomic mass is 32.1. The third-order valence-corrected chi connectivity index (χ3v) is 3.98. The Bertz CT molecular complexity index is 543. The quantitative estimate of drug-likeness (QED) is 0.806. The minimum atomic E-state index is 0.238. The highest BCUT2D eigenvalue weighted by Crippen LogP contribution is 2.30. The predicted octanol–water partition coefficient (Wildman–Crippen LogP) is 3.79. The standard InChI is InChI=1S/C16H22N2O2S/c1-4-7-17-12(2)14-6-5-13(19-3)10-15(14)20-11-16-18-8-9-21-16/h5-6,8-10,12,17H,4,7,11H2,1-3H3. The monoisotopic (exact) mass is 306 g/mol. The number of nitrogens with zero attached hydrogens (tertiary/aromatic N) is 1. The molecule has 21 heavy (non-hydrogen) atoms. The average Bonchev–Trinajstić information content (AvgIpc) is 3.03. The van der Waals surface area contributed by atoms with Gasteiger partial charge in [-0.1, -0.05) is 13.0 Å². The van der Waals surface area contributed by atoms with Crippen LogP contribution >= 0.6 is 11.3 Å². The summed E-state index contributed by atoms with van der Waals surface area (Å²) in [6.07, 6.45) is 2.90. The van der Waals surface area contributed by atoms with Gasteiger partial charge in [-0.3, -0.25) is 0 Å². The molecule has 0 saturated heterocycles. The zero-order chi connectivity index (χ0) is 15.1. The number of aromatic nitrogens is 1. The Kier molecular flexibility index (Phi) is 6.02. The summed E-state index contributed by atoms with van der Waals surface area (Å²) in [7, 11) is 1.67. The molecule has 0 saturated carbocycles. The largest absolute Gasteiger partial charge is 0.497 e. The summed E-state index contributed by atoms with van der Waals surface area (Å²) in [5.74, 6) is 1.65. The van der Waals surface area contributed by atoms with Crippen LogP contribution in [0.15, 0.2) is 29.8 Å². The maximum absolute atomic E-state index is 5.95. The number of benzene rings is 1. The van der Waals surface area contributed by atoms with Gasteiger partial charge >= 0.3 is 0 Å². The Morgan fingerprint density at radius 3 is 2.90 bits per heavy atom. The molecule has 1 atom stereocenters. The molecule has 0 aliphatic heterocycles. The van der Waals surface area contributed by atoms with Crippen molar-refractivity contribution >= 4 is 11.3 Å². The number of methoxy groups -OCH3 is 1. The normalized spacial score (nSPS) is 12.1. The van der Waals surface area contributed by atoms with Gasteiger partial charge in [-0.15, -0.1) is 11.3 Å². The molecule has 0 radical (unpaired) electrons. The molecule has 1 N–H and O–H groups in total. The van der Waals surface area contributed by atoms with Crippen molar-refractivity contribution in [2.45, 2.75) is 32.9 Å². The number of ether oxygens (including phenoxy) is 2. The van der Waals surface area contributed by atoms with Crippen molar-refractivity contribution in [1.82, 2.24) is 10.3 Å². The van der Waals surface area contributed by atoms with E-state index in [0.717, 1.165) is 35.0 Å². The molecule has 0 amide bonds. The van der Waals surface area contributed by atoms with E-state index in [-0.39, 0.29) is 6.04 Å². The van der Waals surface area contributed by atoms with Gasteiger partial charge in [0.2, 0.25) is 0 Å². The molecular weight excluding hydrogens is 284 g/mol. The van der Waals surface area contributed by atoms with Crippen molar-refractivity contribution in [1.29, 1.82) is 0 Å². The van der Waals surface area contributed by atoms with Gasteiger partial charge in [-0.05, 0) is 26.0 Å². The molecule has 0 fully saturated rings. The molecule has 1 aromatic carbocycles. The van der Waals surface area contributed by atoms with Crippen LogP contribution in [0.2, 0.25) is 0 Å². The van der Waals surface area contributed by atoms with Crippen LogP contribution in [0.4, 0.5) is 0 Å². The van der Waals surface area contributed by atoms with Crippen molar-refractivity contribution in [2.75, 3.05) is 13.7 Å². The van der Waals surface area contributed by atoms with E-state index in [4.69, 9.17) is 9.47 Å². The number of thiazole rings is 1. The molecule has 2 rings (SSSR count). The number of nitrogens with one attached hydrogen (secondary N) is 1. The first-order chi connectivity index (χ1) is 10.2. The fourth-order valence-corrected chi connectivity index (χ4v) is 2.59. The first-order valence-electron chi connectivity index (χ1n) is 7.17. The van der Waals surface area contributed by atoms with Crippen LogP contribution in [0.5, 0.6) is 11.5 Å². The van der Waals surface area contributed by atoms with Gasteiger partial charge in [0.1, 0.15) is 23.1 Å². The van der Waals surface area contributed by atoms with Crippen molar-refractivity contribution in [2.24, 2.45) is 0 Å². The van der Waals surface area contributed by atoms with Crippen LogP contribution in [-0.4, -0.2) is 18.6 Å². The Morgan fingerprint density at radius 2 is 2.24 bits per heavy atom. The van der Waals surface area contributed by atoms with E-state index in [9.17, 15) is 0 Å². The van der Waals surface area contributed by atoms with Crippen LogP contribution in [0.1, 0.15) is 36.9 Å². The zero-order valence-corrected chi connectivity index (χ0v) is 13.6. The van der Waals surface area contributed by atoms with Gasteiger partial charge in [-0.25, -0.2) is 4.98 Å². The van der Waals surface area contributed by atoms with Gasteiger partial charge in [0, 0.05) is 29.2 Å². The lowest BCUT2D eigenvalue weighted by molar-refractivity contribution is 0.296. The second-order valence-corrected chi connectivity index (χ2v) is 5.77. The molecule has 0 aliphatic rings. The number of hydrogen-bond acceptors (Lipinski definition) is 5. The van der Waals surface area contributed by atoms with E-state index < -0.39 is 0 Å². The molecule has 0 spiro atoms. The first kappa shape index (κ1) is 15.8. The fourth-order valence-electron chi connectivity index (χ4n) is 2.06. The zero-order valence-electron chi connectivity index (χ0n) is 12.8. The van der Waals surface area contributed by atoms with Crippen LogP contribution in [0, 0.1) is 0 Å². The Balaban J connectivity index is 2.14. The minimum Gasteiger partial charge on any atom is -0.497 e. The van der Waals surface area contributed by atoms with Gasteiger partial charge < -0.3 is 14.8 Å². The Labute approximate surface area is 130 Å². The van der Waals surface area contributed by atoms with E-state index in [1.54, 1.807) is 24.6 Å². The van der Waals surface area contributed by atoms with Gasteiger partial charge in [0.25, 0.3) is 0 Å². The summed E-state index contributed by atoms with van der Waals surface area (Å²) in [4.78, 5) is 4.24. The maximum atomic E-state index is 5.95. The predicted molar refractivity (Wildman–Crippen MR) is 86.1 cm³/mol. The number of hydrogen-bond donors (Lipinski definition) is 1. The van der Waals surface area contributed by atoms with Gasteiger partial charge in [-0.2, -0.15) is 0 Å². The van der Waals surface area contributed by atoms with E-state index >= 15 is 0 Å². The fraction of sp³-hybridized carbons (Fsp3) is 0.438. The summed E-state index contributed by atoms with van der Waals surface area (Å²) in [5, 5.41) is 6.41. The van der Waals surface area contributed by atoms with Crippen molar-refractivity contribution in [3.8, 4) is 11.5 Å². The molecule has 5 heteroatoms. The van der Waals surface area contributed by atoms with Crippen LogP contribution in [0.25, 0.3) is 0 Å². The molecule has 1 heterocycles. The van der Waals surface area contributed by atoms with E-state index in [0.29, 0.717) is 6.61 Å². The van der Waals surface area contributed by atoms with Gasteiger partial charge in [0.15, 0.2) is 0 Å². The highest BCUT2D eigenvalue weighted by Gasteiger charge is 2.13. The van der Waals surface area contributed by atoms with Crippen molar-refractivity contribution < 1.29 is 9.47 Å². The third-order valence-electron chi connectivity index (χ3n) is 3.22. The Morgan fingerprint density at radius 1 is 1.38 bits per heavy atom. The molecule has 2 aromatic rings. The van der Waals surface area contributed by atoms with Crippen LogP contribution in [0.3, 0.4) is 0 Å². The smallest absolute Gasteiger partial charge is 0.140 e. The second kappa shape index (κ2) is 8.00. The molecule has 4 nitrogen and oxygen atoms in total. The number of rotatable bonds is 8. The first-order valence-corrected chi connectivity index (χ1v) is 8.05. The molecular formula is C16H22N2O2S. The van der Waals surface area contributed by atoms with E-state index in [2.05, 4.69) is 30.2 Å². The SMILES string of the molecule is CCCNC(C)c1ccc(OC)cc1OCc1nccs1. The van der Waals surface area contributed by atoms with E-state index in [1.807, 2.05) is 17.5 Å². The minimum absolute atomic E-state index is 0.238. The topological polar surface area (TPSA) is 43.4 Å². The van der Waals surface area contributed by atoms with Crippen molar-refractivity contribution in [3.63, 3.8) is 0 Å². The molecule has 0 bridgehead atoms. The summed E-state index contributed by atoms with van der Waals surface area (Å²) in [6, 6.07) is 6.20. The second-order valence-electron chi connectivity index (χ2n) is 4.79. The molecule has 1 aromatic heterocycles. The summed E-state index contributed by atoms with van der Waals surface area (Å²) in [6.45, 7) is 5.78. The molecule has 114 valence electrons. The Hall–Kier alpha value is -1.59. The maximum Gasteiger partial charge on any atom is 0.140 e. The van der Waals surface area contributed by atoms with Gasteiger partial charge in [0.05, 0.1) is 7.11 Å². The lowest BCUT2D eigenvalue weighted by Gasteiger charge is -2.18. The summed E-state index contributed by atoms with van der Waals surface area (Å²) < 4.78 is 11.2. The summed E-state index contributed by atoms with van der Waals surface area (Å²) in [5.41, 5.74) is 1.14. The van der Waals surface area contributed by atoms with Crippen LogP contribution < -0.4 is 14.8 Å². The van der Waals surface area contributed by atoms with E-state index in [1.165, 1.54) is 0 Å². The van der Waals surface area contributed by atoms with Crippen molar-refractivity contribution in [3.05, 3.63) is 40.3 Å². The third kappa shape index (κ3) is 4.44. The lowest BCUT2D eigenvalue weighted by atomic mass is 10.1. The lowest BCUT2D eigenvalue weighted by Crippen LogP contribution is -2.20. The molecule has 0 aliphatic carbocycles. The van der Waals surface area contributed by atoms with Crippen LogP contribution in [-0.2, 0) is 6.61 Å².